The van der Waals surface area contributed by atoms with Crippen LogP contribution in [0.5, 0.6) is 0 Å². The van der Waals surface area contributed by atoms with Crippen LogP contribution in [0.3, 0.4) is 0 Å². The molecule has 3 saturated carbocycles. The van der Waals surface area contributed by atoms with Gasteiger partial charge in [-0.1, -0.05) is 12.8 Å². The van der Waals surface area contributed by atoms with Crippen molar-refractivity contribution < 1.29 is 0 Å². The summed E-state index contributed by atoms with van der Waals surface area (Å²) in [6, 6.07) is 0. The van der Waals surface area contributed by atoms with Gasteiger partial charge in [0.15, 0.2) is 0 Å². The lowest BCUT2D eigenvalue weighted by Crippen LogP contribution is -2.14. The highest BCUT2D eigenvalue weighted by Gasteiger charge is 2.57. The lowest BCUT2D eigenvalue weighted by atomic mass is 9.81. The summed E-state index contributed by atoms with van der Waals surface area (Å²) < 4.78 is 0. The molecule has 0 aromatic rings. The molecule has 3 aliphatic carbocycles. The summed E-state index contributed by atoms with van der Waals surface area (Å²) in [4.78, 5) is 0. The van der Waals surface area contributed by atoms with E-state index in [2.05, 4.69) is 0 Å². The fourth-order valence-electron chi connectivity index (χ4n) is 3.67. The normalized spacial score (nSPS) is 48.0. The number of fused-ring (bicyclic) bond motifs is 2. The lowest BCUT2D eigenvalue weighted by molar-refractivity contribution is 0.261. The summed E-state index contributed by atoms with van der Waals surface area (Å²) in [6.07, 6.45) is 11.1. The van der Waals surface area contributed by atoms with E-state index >= 15 is 0 Å². The van der Waals surface area contributed by atoms with Gasteiger partial charge in [0, 0.05) is 0 Å². The van der Waals surface area contributed by atoms with Crippen molar-refractivity contribution in [3.8, 4) is 0 Å². The lowest BCUT2D eigenvalue weighted by Gasteiger charge is -2.24. The molecule has 0 bridgehead atoms. The first-order valence-electron chi connectivity index (χ1n) is 4.91. The van der Waals surface area contributed by atoms with Crippen molar-refractivity contribution in [1.82, 2.24) is 0 Å². The van der Waals surface area contributed by atoms with Gasteiger partial charge in [-0.05, 0) is 49.4 Å². The maximum absolute atomic E-state index is 1.61. The van der Waals surface area contributed by atoms with Crippen LogP contribution in [-0.2, 0) is 0 Å². The monoisotopic (exact) mass is 136 g/mol. The highest BCUT2D eigenvalue weighted by molar-refractivity contribution is 5.07. The minimum absolute atomic E-state index is 0.921. The molecule has 0 aromatic heterocycles. The minimum atomic E-state index is 0.921. The summed E-state index contributed by atoms with van der Waals surface area (Å²) in [7, 11) is 0. The first kappa shape index (κ1) is 5.62. The van der Waals surface area contributed by atoms with Crippen LogP contribution in [0, 0.1) is 17.3 Å². The molecule has 2 atom stereocenters. The van der Waals surface area contributed by atoms with E-state index in [0.717, 1.165) is 5.41 Å². The fraction of sp³-hybridized carbons (Fsp3) is 1.00. The van der Waals surface area contributed by atoms with E-state index < -0.39 is 0 Å². The van der Waals surface area contributed by atoms with Crippen LogP contribution in [-0.4, -0.2) is 0 Å². The van der Waals surface area contributed by atoms with Gasteiger partial charge >= 0.3 is 0 Å². The SMILES string of the molecule is C1CCC2(C1)CC[C@H]1C[C@H]12. The highest BCUT2D eigenvalue weighted by Crippen LogP contribution is 2.67. The molecule has 3 fully saturated rings. The standard InChI is InChI=1S/C10H16/c1-2-5-10(4-1)6-3-8-7-9(8)10/h8-9H,1-7H2/t8-,9+/m0/s1. The molecule has 3 rings (SSSR count). The zero-order chi connectivity index (χ0) is 6.60. The number of hydrogen-bond acceptors (Lipinski definition) is 0. The van der Waals surface area contributed by atoms with E-state index in [1.54, 1.807) is 44.9 Å². The van der Waals surface area contributed by atoms with E-state index in [0.29, 0.717) is 0 Å². The van der Waals surface area contributed by atoms with Gasteiger partial charge in [0.05, 0.1) is 0 Å². The zero-order valence-electron chi connectivity index (χ0n) is 6.60. The average molecular weight is 136 g/mol. The number of rotatable bonds is 0. The van der Waals surface area contributed by atoms with Crippen LogP contribution in [0.4, 0.5) is 0 Å². The minimum Gasteiger partial charge on any atom is -0.0527 e. The Kier molecular flexibility index (Phi) is 0.898. The van der Waals surface area contributed by atoms with Crippen molar-refractivity contribution >= 4 is 0 Å². The van der Waals surface area contributed by atoms with E-state index in [1.165, 1.54) is 11.8 Å². The third-order valence-electron chi connectivity index (χ3n) is 4.32. The molecule has 0 unspecified atom stereocenters. The van der Waals surface area contributed by atoms with Gasteiger partial charge in [-0.3, -0.25) is 0 Å². The van der Waals surface area contributed by atoms with Gasteiger partial charge in [0.1, 0.15) is 0 Å². The third kappa shape index (κ3) is 0.538. The maximum Gasteiger partial charge on any atom is -0.0266 e. The Morgan fingerprint density at radius 1 is 1.00 bits per heavy atom. The van der Waals surface area contributed by atoms with E-state index in [-0.39, 0.29) is 0 Å². The molecule has 3 aliphatic rings. The van der Waals surface area contributed by atoms with Gasteiger partial charge in [-0.2, -0.15) is 0 Å². The van der Waals surface area contributed by atoms with E-state index in [1.807, 2.05) is 0 Å². The van der Waals surface area contributed by atoms with Crippen molar-refractivity contribution in [2.75, 3.05) is 0 Å². The van der Waals surface area contributed by atoms with Gasteiger partial charge in [-0.15, -0.1) is 0 Å². The van der Waals surface area contributed by atoms with Crippen LogP contribution >= 0.6 is 0 Å². The Morgan fingerprint density at radius 2 is 1.80 bits per heavy atom. The fourth-order valence-corrected chi connectivity index (χ4v) is 3.67. The number of hydrogen-bond donors (Lipinski definition) is 0. The van der Waals surface area contributed by atoms with Crippen molar-refractivity contribution in [2.45, 2.75) is 44.9 Å². The van der Waals surface area contributed by atoms with Crippen molar-refractivity contribution in [3.63, 3.8) is 0 Å². The summed E-state index contributed by atoms with van der Waals surface area (Å²) >= 11 is 0. The van der Waals surface area contributed by atoms with Crippen LogP contribution < -0.4 is 0 Å². The smallest absolute Gasteiger partial charge is 0.0266 e. The van der Waals surface area contributed by atoms with Gasteiger partial charge in [-0.25, -0.2) is 0 Å². The molecule has 1 spiro atoms. The van der Waals surface area contributed by atoms with Gasteiger partial charge < -0.3 is 0 Å². The van der Waals surface area contributed by atoms with Crippen LogP contribution in [0.1, 0.15) is 44.9 Å². The second-order valence-electron chi connectivity index (χ2n) is 4.71. The Morgan fingerprint density at radius 3 is 2.30 bits per heavy atom. The Bertz CT molecular complexity index is 148. The Balaban J connectivity index is 1.89. The van der Waals surface area contributed by atoms with E-state index in [4.69, 9.17) is 0 Å². The molecule has 0 aromatic carbocycles. The molecule has 0 radical (unpaired) electrons. The molecular formula is C10H16. The molecule has 0 heterocycles. The molecule has 0 nitrogen and oxygen atoms in total. The highest BCUT2D eigenvalue weighted by atomic mass is 14.6. The van der Waals surface area contributed by atoms with Crippen LogP contribution in [0.2, 0.25) is 0 Å². The largest absolute Gasteiger partial charge is 0.0527 e. The van der Waals surface area contributed by atoms with Crippen LogP contribution in [0.25, 0.3) is 0 Å². The predicted molar refractivity (Wildman–Crippen MR) is 41.7 cm³/mol. The summed E-state index contributed by atoms with van der Waals surface area (Å²) in [5.41, 5.74) is 0.921. The average Bonchev–Trinajstić information content (AvgIpc) is 2.49. The predicted octanol–water partition coefficient (Wildman–Crippen LogP) is 2.98. The molecule has 10 heavy (non-hydrogen) atoms. The van der Waals surface area contributed by atoms with Gasteiger partial charge in [0.25, 0.3) is 0 Å². The quantitative estimate of drug-likeness (QED) is 0.480. The second-order valence-corrected chi connectivity index (χ2v) is 4.71. The summed E-state index contributed by atoms with van der Waals surface area (Å²) in [6.45, 7) is 0. The molecule has 0 heteroatoms. The van der Waals surface area contributed by atoms with Crippen molar-refractivity contribution in [2.24, 2.45) is 17.3 Å². The van der Waals surface area contributed by atoms with Crippen molar-refractivity contribution in [1.29, 1.82) is 0 Å². The van der Waals surface area contributed by atoms with Crippen LogP contribution in [0.15, 0.2) is 0 Å². The Labute approximate surface area is 63.0 Å². The molecule has 56 valence electrons. The topological polar surface area (TPSA) is 0 Å². The summed E-state index contributed by atoms with van der Waals surface area (Å²) in [5.74, 6) is 2.42. The first-order valence-corrected chi connectivity index (χ1v) is 4.91. The van der Waals surface area contributed by atoms with Gasteiger partial charge in [0.2, 0.25) is 0 Å². The molecule has 0 saturated heterocycles. The molecular weight excluding hydrogens is 120 g/mol. The second kappa shape index (κ2) is 1.60. The Hall–Kier alpha value is 0. The maximum atomic E-state index is 1.61. The zero-order valence-corrected chi connectivity index (χ0v) is 6.60. The molecule has 0 aliphatic heterocycles. The third-order valence-corrected chi connectivity index (χ3v) is 4.32. The first-order chi connectivity index (χ1) is 4.91. The molecule has 0 N–H and O–H groups in total. The van der Waals surface area contributed by atoms with E-state index in [9.17, 15) is 0 Å². The molecule has 0 amide bonds. The summed E-state index contributed by atoms with van der Waals surface area (Å²) in [5, 5.41) is 0. The van der Waals surface area contributed by atoms with Crippen molar-refractivity contribution in [3.05, 3.63) is 0 Å².